The SMILES string of the molecule is CCc1cccc(C(=O)P(=O)(OC)OC)c1C. The number of benzene rings is 1. The van der Waals surface area contributed by atoms with E-state index >= 15 is 0 Å². The van der Waals surface area contributed by atoms with Gasteiger partial charge in [0, 0.05) is 19.8 Å². The van der Waals surface area contributed by atoms with Crippen molar-refractivity contribution in [1.82, 2.24) is 0 Å². The van der Waals surface area contributed by atoms with Crippen LogP contribution >= 0.6 is 7.60 Å². The Morgan fingerprint density at radius 1 is 1.29 bits per heavy atom. The van der Waals surface area contributed by atoms with Crippen molar-refractivity contribution in [2.45, 2.75) is 20.3 Å². The zero-order valence-corrected chi connectivity index (χ0v) is 11.4. The molecule has 94 valence electrons. The summed E-state index contributed by atoms with van der Waals surface area (Å²) in [7, 11) is -1.27. The number of hydrogen-bond donors (Lipinski definition) is 0. The highest BCUT2D eigenvalue weighted by Gasteiger charge is 2.34. The van der Waals surface area contributed by atoms with Gasteiger partial charge in [0.1, 0.15) is 0 Å². The zero-order valence-electron chi connectivity index (χ0n) is 10.5. The molecular formula is C12H17O4P. The van der Waals surface area contributed by atoms with E-state index in [1.54, 1.807) is 12.1 Å². The number of carbonyl (C=O) groups is 1. The van der Waals surface area contributed by atoms with E-state index in [1.165, 1.54) is 14.2 Å². The molecule has 0 saturated heterocycles. The monoisotopic (exact) mass is 256 g/mol. The second kappa shape index (κ2) is 5.58. The van der Waals surface area contributed by atoms with Gasteiger partial charge in [0.15, 0.2) is 0 Å². The summed E-state index contributed by atoms with van der Waals surface area (Å²) in [5.74, 6) is 0. The molecular weight excluding hydrogens is 239 g/mol. The first-order chi connectivity index (χ1) is 8.00. The second-order valence-electron chi connectivity index (χ2n) is 3.61. The molecule has 0 aliphatic carbocycles. The van der Waals surface area contributed by atoms with Crippen molar-refractivity contribution in [2.75, 3.05) is 14.2 Å². The largest absolute Gasteiger partial charge is 0.401 e. The minimum absolute atomic E-state index is 0.399. The van der Waals surface area contributed by atoms with Crippen molar-refractivity contribution in [1.29, 1.82) is 0 Å². The summed E-state index contributed by atoms with van der Waals surface area (Å²) < 4.78 is 21.4. The fourth-order valence-electron chi connectivity index (χ4n) is 1.69. The van der Waals surface area contributed by atoms with Crippen LogP contribution in [0.25, 0.3) is 0 Å². The van der Waals surface area contributed by atoms with Crippen LogP contribution in [0.2, 0.25) is 0 Å². The Labute approximate surface area is 101 Å². The summed E-state index contributed by atoms with van der Waals surface area (Å²) in [4.78, 5) is 12.1. The van der Waals surface area contributed by atoms with E-state index < -0.39 is 13.1 Å². The fraction of sp³-hybridized carbons (Fsp3) is 0.417. The quantitative estimate of drug-likeness (QED) is 0.759. The van der Waals surface area contributed by atoms with E-state index in [4.69, 9.17) is 9.05 Å². The van der Waals surface area contributed by atoms with Crippen LogP contribution in [0, 0.1) is 6.92 Å². The molecule has 1 rings (SSSR count). The summed E-state index contributed by atoms with van der Waals surface area (Å²) in [6.45, 7) is 3.84. The van der Waals surface area contributed by atoms with E-state index in [0.717, 1.165) is 17.5 Å². The smallest absolute Gasteiger partial charge is 0.306 e. The van der Waals surface area contributed by atoms with Gasteiger partial charge in [-0.2, -0.15) is 0 Å². The van der Waals surface area contributed by atoms with Crippen LogP contribution in [-0.4, -0.2) is 19.7 Å². The van der Waals surface area contributed by atoms with E-state index in [-0.39, 0.29) is 0 Å². The lowest BCUT2D eigenvalue weighted by Crippen LogP contribution is -2.07. The minimum atomic E-state index is -3.69. The Morgan fingerprint density at radius 2 is 1.88 bits per heavy atom. The van der Waals surface area contributed by atoms with Gasteiger partial charge in [-0.15, -0.1) is 0 Å². The number of carbonyl (C=O) groups excluding carboxylic acids is 1. The average Bonchev–Trinajstić information content (AvgIpc) is 2.37. The number of hydrogen-bond acceptors (Lipinski definition) is 4. The van der Waals surface area contributed by atoms with Crippen LogP contribution in [0.3, 0.4) is 0 Å². The molecule has 1 aromatic rings. The first-order valence-corrected chi connectivity index (χ1v) is 6.89. The topological polar surface area (TPSA) is 52.6 Å². The third-order valence-electron chi connectivity index (χ3n) is 2.79. The van der Waals surface area contributed by atoms with Gasteiger partial charge in [-0.1, -0.05) is 25.1 Å². The summed E-state index contributed by atoms with van der Waals surface area (Å²) in [5.41, 5.74) is 1.69. The fourth-order valence-corrected chi connectivity index (χ4v) is 2.70. The Balaban J connectivity index is 3.26. The van der Waals surface area contributed by atoms with Crippen LogP contribution in [0.15, 0.2) is 18.2 Å². The van der Waals surface area contributed by atoms with Crippen LogP contribution < -0.4 is 0 Å². The molecule has 0 spiro atoms. The first kappa shape index (κ1) is 14.1. The maximum Gasteiger partial charge on any atom is 0.401 e. The standard InChI is InChI=1S/C12H17O4P/c1-5-10-7-6-8-11(9(10)2)12(13)17(14,15-3)16-4/h6-8H,5H2,1-4H3. The van der Waals surface area contributed by atoms with E-state index in [0.29, 0.717) is 5.56 Å². The average molecular weight is 256 g/mol. The molecule has 1 aromatic carbocycles. The molecule has 0 bridgehead atoms. The third-order valence-corrected chi connectivity index (χ3v) is 4.49. The van der Waals surface area contributed by atoms with E-state index in [9.17, 15) is 9.36 Å². The molecule has 0 saturated carbocycles. The summed E-state index contributed by atoms with van der Waals surface area (Å²) in [5, 5.41) is 0. The van der Waals surface area contributed by atoms with Crippen LogP contribution in [0.5, 0.6) is 0 Å². The maximum atomic E-state index is 12.1. The van der Waals surface area contributed by atoms with Gasteiger partial charge in [0.2, 0.25) is 0 Å². The number of rotatable bonds is 5. The molecule has 0 radical (unpaired) electrons. The van der Waals surface area contributed by atoms with Crippen molar-refractivity contribution in [3.63, 3.8) is 0 Å². The molecule has 4 nitrogen and oxygen atoms in total. The van der Waals surface area contributed by atoms with Crippen molar-refractivity contribution < 1.29 is 18.4 Å². The highest BCUT2D eigenvalue weighted by molar-refractivity contribution is 7.72. The van der Waals surface area contributed by atoms with Gasteiger partial charge in [-0.05, 0) is 24.5 Å². The zero-order chi connectivity index (χ0) is 13.1. The van der Waals surface area contributed by atoms with Crippen LogP contribution in [-0.2, 0) is 20.0 Å². The Hall–Kier alpha value is -0.960. The molecule has 0 N–H and O–H groups in total. The van der Waals surface area contributed by atoms with Gasteiger partial charge < -0.3 is 9.05 Å². The van der Waals surface area contributed by atoms with E-state index in [1.807, 2.05) is 19.9 Å². The van der Waals surface area contributed by atoms with Gasteiger partial charge in [0.25, 0.3) is 5.52 Å². The van der Waals surface area contributed by atoms with E-state index in [2.05, 4.69) is 0 Å². The predicted octanol–water partition coefficient (Wildman–Crippen LogP) is 3.18. The predicted molar refractivity (Wildman–Crippen MR) is 66.5 cm³/mol. The lowest BCUT2D eigenvalue weighted by atomic mass is 10.0. The molecule has 0 amide bonds. The lowest BCUT2D eigenvalue weighted by molar-refractivity contribution is 0.102. The van der Waals surface area contributed by atoms with Gasteiger partial charge in [-0.3, -0.25) is 9.36 Å². The molecule has 0 heterocycles. The molecule has 0 aromatic heterocycles. The van der Waals surface area contributed by atoms with Crippen molar-refractivity contribution in [3.05, 3.63) is 34.9 Å². The maximum absolute atomic E-state index is 12.1. The van der Waals surface area contributed by atoms with Crippen molar-refractivity contribution in [3.8, 4) is 0 Å². The molecule has 0 unspecified atom stereocenters. The summed E-state index contributed by atoms with van der Waals surface area (Å²) >= 11 is 0. The Bertz CT molecular complexity index is 460. The van der Waals surface area contributed by atoms with Crippen molar-refractivity contribution in [2.24, 2.45) is 0 Å². The summed E-state index contributed by atoms with van der Waals surface area (Å²) in [6.07, 6.45) is 0.817. The van der Waals surface area contributed by atoms with Gasteiger partial charge >= 0.3 is 7.60 Å². The molecule has 0 atom stereocenters. The molecule has 0 fully saturated rings. The molecule has 5 heteroatoms. The van der Waals surface area contributed by atoms with Crippen LogP contribution in [0.4, 0.5) is 0 Å². The molecule has 0 aliphatic heterocycles. The minimum Gasteiger partial charge on any atom is -0.306 e. The molecule has 0 aliphatic rings. The first-order valence-electron chi connectivity index (χ1n) is 5.35. The van der Waals surface area contributed by atoms with Gasteiger partial charge in [-0.25, -0.2) is 0 Å². The third kappa shape index (κ3) is 2.65. The molecule has 17 heavy (non-hydrogen) atoms. The normalized spacial score (nSPS) is 11.5. The van der Waals surface area contributed by atoms with Gasteiger partial charge in [0.05, 0.1) is 0 Å². The highest BCUT2D eigenvalue weighted by Crippen LogP contribution is 2.50. The van der Waals surface area contributed by atoms with Crippen LogP contribution in [0.1, 0.15) is 28.4 Å². The highest BCUT2D eigenvalue weighted by atomic mass is 31.2. The second-order valence-corrected chi connectivity index (χ2v) is 5.74. The number of aryl methyl sites for hydroxylation is 1. The Kier molecular flexibility index (Phi) is 4.63. The Morgan fingerprint density at radius 3 is 2.35 bits per heavy atom. The summed E-state index contributed by atoms with van der Waals surface area (Å²) in [6, 6.07) is 5.35. The van der Waals surface area contributed by atoms with Crippen molar-refractivity contribution >= 4 is 13.1 Å². The lowest BCUT2D eigenvalue weighted by Gasteiger charge is -2.14.